The van der Waals surface area contributed by atoms with Crippen molar-refractivity contribution in [2.24, 2.45) is 0 Å². The normalized spacial score (nSPS) is 10.3. The number of nitro benzene ring substituents is 1. The number of nitrogens with one attached hydrogen (secondary N) is 2. The minimum atomic E-state index is -0.737. The molecule has 0 unspecified atom stereocenters. The van der Waals surface area contributed by atoms with Crippen molar-refractivity contribution < 1.29 is 28.8 Å². The second-order valence-corrected chi connectivity index (χ2v) is 7.72. The molecule has 2 amide bonds. The number of hydrogen-bond acceptors (Lipinski definition) is 8. The van der Waals surface area contributed by atoms with Gasteiger partial charge in [-0.2, -0.15) is 0 Å². The molecule has 0 atom stereocenters. The highest BCUT2D eigenvalue weighted by Crippen LogP contribution is 2.35. The number of methoxy groups -OCH3 is 2. The third-order valence-corrected chi connectivity index (χ3v) is 5.82. The summed E-state index contributed by atoms with van der Waals surface area (Å²) in [4.78, 5) is 48.6. The zero-order chi connectivity index (χ0) is 24.1. The van der Waals surface area contributed by atoms with E-state index in [-0.39, 0.29) is 26.7 Å². The number of esters is 1. The summed E-state index contributed by atoms with van der Waals surface area (Å²) in [6.45, 7) is 1.56. The third kappa shape index (κ3) is 5.15. The summed E-state index contributed by atoms with van der Waals surface area (Å²) in [5.41, 5.74) is 0.595. The number of carbonyl (C=O) groups excluding carboxylic acids is 3. The molecule has 0 saturated heterocycles. The van der Waals surface area contributed by atoms with Gasteiger partial charge in [-0.05, 0) is 30.7 Å². The molecule has 0 spiro atoms. The van der Waals surface area contributed by atoms with Gasteiger partial charge in [-0.15, -0.1) is 11.3 Å². The van der Waals surface area contributed by atoms with Crippen LogP contribution in [0, 0.1) is 17.0 Å². The summed E-state index contributed by atoms with van der Waals surface area (Å²) < 4.78 is 9.96. The van der Waals surface area contributed by atoms with E-state index >= 15 is 0 Å². The van der Waals surface area contributed by atoms with Crippen molar-refractivity contribution in [1.82, 2.24) is 0 Å². The Hall–Kier alpha value is -4.25. The summed E-state index contributed by atoms with van der Waals surface area (Å²) in [5.74, 6) is -1.36. The van der Waals surface area contributed by atoms with Crippen LogP contribution in [0.15, 0.2) is 48.5 Å². The summed E-state index contributed by atoms with van der Waals surface area (Å²) in [6, 6.07) is 11.9. The summed E-state index contributed by atoms with van der Waals surface area (Å²) in [6.07, 6.45) is 0. The lowest BCUT2D eigenvalue weighted by atomic mass is 10.1. The Bertz CT molecular complexity index is 1250. The average Bonchev–Trinajstić information content (AvgIpc) is 3.14. The molecule has 3 aromatic rings. The highest BCUT2D eigenvalue weighted by Gasteiger charge is 2.27. The van der Waals surface area contributed by atoms with Crippen molar-refractivity contribution in [3.63, 3.8) is 0 Å². The molecular weight excluding hydrogens is 450 g/mol. The molecule has 1 aromatic heterocycles. The molecule has 3 rings (SSSR count). The van der Waals surface area contributed by atoms with Gasteiger partial charge in [0.1, 0.15) is 10.8 Å². The van der Waals surface area contributed by atoms with Gasteiger partial charge in [0.2, 0.25) is 0 Å². The predicted molar refractivity (Wildman–Crippen MR) is 122 cm³/mol. The van der Waals surface area contributed by atoms with Gasteiger partial charge in [0.05, 0.1) is 29.6 Å². The number of thiophene rings is 1. The Labute approximate surface area is 192 Å². The van der Waals surface area contributed by atoms with E-state index in [4.69, 9.17) is 9.47 Å². The molecule has 0 saturated carbocycles. The molecule has 0 aliphatic heterocycles. The van der Waals surface area contributed by atoms with Crippen molar-refractivity contribution >= 4 is 45.5 Å². The molecule has 10 nitrogen and oxygen atoms in total. The highest BCUT2D eigenvalue weighted by atomic mass is 32.1. The lowest BCUT2D eigenvalue weighted by Gasteiger charge is -2.06. The zero-order valence-electron chi connectivity index (χ0n) is 17.8. The maximum Gasteiger partial charge on any atom is 0.341 e. The van der Waals surface area contributed by atoms with Gasteiger partial charge in [-0.25, -0.2) is 4.79 Å². The van der Waals surface area contributed by atoms with Gasteiger partial charge in [-0.3, -0.25) is 19.7 Å². The van der Waals surface area contributed by atoms with Crippen LogP contribution in [0.4, 0.5) is 16.4 Å². The first-order chi connectivity index (χ1) is 15.7. The van der Waals surface area contributed by atoms with E-state index in [2.05, 4.69) is 10.6 Å². The van der Waals surface area contributed by atoms with Gasteiger partial charge in [0.25, 0.3) is 17.5 Å². The maximum atomic E-state index is 12.9. The van der Waals surface area contributed by atoms with E-state index in [1.807, 2.05) is 0 Å². The minimum Gasteiger partial charge on any atom is -0.497 e. The van der Waals surface area contributed by atoms with E-state index in [0.29, 0.717) is 17.0 Å². The number of benzene rings is 2. The summed E-state index contributed by atoms with van der Waals surface area (Å²) in [5, 5.41) is 16.4. The molecule has 2 aromatic carbocycles. The largest absolute Gasteiger partial charge is 0.497 e. The lowest BCUT2D eigenvalue weighted by molar-refractivity contribution is -0.384. The molecule has 2 N–H and O–H groups in total. The third-order valence-electron chi connectivity index (χ3n) is 4.62. The second-order valence-electron chi connectivity index (χ2n) is 6.70. The van der Waals surface area contributed by atoms with Crippen LogP contribution in [-0.2, 0) is 4.74 Å². The van der Waals surface area contributed by atoms with Crippen LogP contribution in [0.5, 0.6) is 5.75 Å². The number of carbonyl (C=O) groups is 3. The molecule has 0 radical (unpaired) electrons. The van der Waals surface area contributed by atoms with Crippen LogP contribution < -0.4 is 15.4 Å². The molecule has 0 fully saturated rings. The number of rotatable bonds is 7. The van der Waals surface area contributed by atoms with Crippen LogP contribution in [0.3, 0.4) is 0 Å². The maximum absolute atomic E-state index is 12.9. The standard InChI is InChI=1S/C22H19N3O7S/c1-12-17(22(28)32-3)21(24-19(26)13-6-4-8-15(10-13)25(29)30)33-18(12)20(27)23-14-7-5-9-16(11-14)31-2/h4-11H,1-3H3,(H,23,27)(H,24,26). The molecular formula is C22H19N3O7S. The quantitative estimate of drug-likeness (QED) is 0.300. The molecule has 1 heterocycles. The van der Waals surface area contributed by atoms with Gasteiger partial charge in [0, 0.05) is 29.4 Å². The SMILES string of the molecule is COC(=O)c1c(NC(=O)c2cccc([N+](=O)[O-])c2)sc(C(=O)Nc2cccc(OC)c2)c1C. The Kier molecular flexibility index (Phi) is 7.04. The Morgan fingerprint density at radius 2 is 1.73 bits per heavy atom. The van der Waals surface area contributed by atoms with Crippen LogP contribution in [0.25, 0.3) is 0 Å². The highest BCUT2D eigenvalue weighted by molar-refractivity contribution is 7.19. The molecule has 170 valence electrons. The van der Waals surface area contributed by atoms with Crippen LogP contribution >= 0.6 is 11.3 Å². The number of nitrogens with zero attached hydrogens (tertiary/aromatic N) is 1. The Balaban J connectivity index is 1.93. The van der Waals surface area contributed by atoms with E-state index in [1.165, 1.54) is 32.4 Å². The number of anilines is 2. The van der Waals surface area contributed by atoms with E-state index in [9.17, 15) is 24.5 Å². The summed E-state index contributed by atoms with van der Waals surface area (Å²) in [7, 11) is 2.69. The molecule has 11 heteroatoms. The van der Waals surface area contributed by atoms with Gasteiger partial charge >= 0.3 is 5.97 Å². The summed E-state index contributed by atoms with van der Waals surface area (Å²) >= 11 is 0.891. The molecule has 0 bridgehead atoms. The van der Waals surface area contributed by atoms with Crippen molar-refractivity contribution in [1.29, 1.82) is 0 Å². The van der Waals surface area contributed by atoms with E-state index < -0.39 is 22.7 Å². The van der Waals surface area contributed by atoms with Crippen LogP contribution in [0.1, 0.15) is 36.0 Å². The van der Waals surface area contributed by atoms with E-state index in [0.717, 1.165) is 17.4 Å². The average molecular weight is 469 g/mol. The molecule has 0 aliphatic carbocycles. The van der Waals surface area contributed by atoms with Gasteiger partial charge in [-0.1, -0.05) is 12.1 Å². The van der Waals surface area contributed by atoms with Gasteiger partial charge < -0.3 is 20.1 Å². The lowest BCUT2D eigenvalue weighted by Crippen LogP contribution is -2.14. The van der Waals surface area contributed by atoms with Crippen molar-refractivity contribution in [2.75, 3.05) is 24.9 Å². The fraction of sp³-hybridized carbons (Fsp3) is 0.136. The minimum absolute atomic E-state index is 0.0217. The Morgan fingerprint density at radius 3 is 2.39 bits per heavy atom. The fourth-order valence-electron chi connectivity index (χ4n) is 2.99. The van der Waals surface area contributed by atoms with Crippen LogP contribution in [0.2, 0.25) is 0 Å². The second kappa shape index (κ2) is 9.92. The Morgan fingerprint density at radius 1 is 1.00 bits per heavy atom. The first-order valence-electron chi connectivity index (χ1n) is 9.48. The smallest absolute Gasteiger partial charge is 0.341 e. The monoisotopic (exact) mass is 469 g/mol. The van der Waals surface area contributed by atoms with Crippen LogP contribution in [-0.4, -0.2) is 36.9 Å². The van der Waals surface area contributed by atoms with E-state index in [1.54, 1.807) is 31.2 Å². The van der Waals surface area contributed by atoms with Gasteiger partial charge in [0.15, 0.2) is 0 Å². The predicted octanol–water partition coefficient (Wildman–Crippen LogP) is 4.26. The van der Waals surface area contributed by atoms with Crippen molar-refractivity contribution in [3.05, 3.63) is 80.2 Å². The number of non-ortho nitro benzene ring substituents is 1. The first kappa shape index (κ1) is 23.4. The molecule has 33 heavy (non-hydrogen) atoms. The molecule has 0 aliphatic rings. The number of nitro groups is 1. The fourth-order valence-corrected chi connectivity index (χ4v) is 4.08. The number of amides is 2. The topological polar surface area (TPSA) is 137 Å². The van der Waals surface area contributed by atoms with Crippen molar-refractivity contribution in [3.8, 4) is 5.75 Å². The number of hydrogen-bond donors (Lipinski definition) is 2. The van der Waals surface area contributed by atoms with Crippen molar-refractivity contribution in [2.45, 2.75) is 6.92 Å². The zero-order valence-corrected chi connectivity index (χ0v) is 18.6. The number of ether oxygens (including phenoxy) is 2. The first-order valence-corrected chi connectivity index (χ1v) is 10.3.